The Hall–Kier alpha value is -12.6. The molecule has 3 amide bonds. The monoisotopic (exact) mass is 1740 g/mol. The third-order valence-electron chi connectivity index (χ3n) is 24.7. The molecule has 0 bridgehead atoms. The molecule has 0 spiro atoms. The zero-order valence-corrected chi connectivity index (χ0v) is 71.9. The van der Waals surface area contributed by atoms with E-state index in [1.807, 2.05) is 84.4 Å². The Labute approximate surface area is 723 Å². The minimum atomic E-state index is -4.55. The van der Waals surface area contributed by atoms with Crippen molar-refractivity contribution >= 4 is 51.8 Å². The number of likely N-dealkylation sites (N-methyl/N-ethyl adjacent to an activating group) is 1. The average molecular weight is 1740 g/mol. The molecule has 5 aliphatic rings. The minimum Gasteiger partial charge on any atom is -0.370 e. The molecule has 4 aliphatic heterocycles. The fourth-order valence-corrected chi connectivity index (χ4v) is 16.9. The smallest absolute Gasteiger partial charge is 0.370 e. The SMILES string of the molecule is Cc1ccc(C(=O)Nc2cc(N3CCC(N4CCCCC4)C3)cc(C(F)(F)F)c2)cc1-n1cc(-c2cnn(C)c2C)nn1.Cc1ccc(C(=O)Nc2cc(N3CCCN(C)CC3)cc(C(F)(F)F)c2)cc1-n1cc(-c2cnn(C)c2C)nn1.Cc1ccc(C(=O)Nc2cc(N3CCN(C4CCCC4)CC3)cc(C(F)(F)F)c2)cc1-n1cc(-c2cnn(C)c2C)nn1. The lowest BCUT2D eigenvalue weighted by molar-refractivity contribution is -0.138. The van der Waals surface area contributed by atoms with Crippen LogP contribution in [0.1, 0.15) is 139 Å². The van der Waals surface area contributed by atoms with Crippen molar-refractivity contribution in [3.8, 4) is 50.8 Å². The molecule has 4 saturated heterocycles. The molecular weight excluding hydrogens is 1640 g/mol. The van der Waals surface area contributed by atoms with Crippen molar-refractivity contribution in [2.24, 2.45) is 21.1 Å². The maximum atomic E-state index is 13.9. The number of hydrogen-bond donors (Lipinski definition) is 3. The largest absolute Gasteiger partial charge is 0.416 e. The summed E-state index contributed by atoms with van der Waals surface area (Å²) in [5, 5.41) is 46.4. The highest BCUT2D eigenvalue weighted by Crippen LogP contribution is 2.41. The van der Waals surface area contributed by atoms with Gasteiger partial charge in [-0.1, -0.05) is 53.1 Å². The highest BCUT2D eigenvalue weighted by atomic mass is 19.4. The number of nitrogens with zero attached hydrogens (tertiary/aromatic N) is 21. The van der Waals surface area contributed by atoms with Crippen molar-refractivity contribution in [1.29, 1.82) is 0 Å². The van der Waals surface area contributed by atoms with Crippen molar-refractivity contribution in [3.05, 3.63) is 214 Å². The number of piperidine rings is 1. The topological polar surface area (TPSA) is 252 Å². The Morgan fingerprint density at radius 2 is 0.714 bits per heavy atom. The first kappa shape index (κ1) is 88.3. The van der Waals surface area contributed by atoms with E-state index < -0.39 is 52.9 Å². The molecule has 12 aromatic rings. The van der Waals surface area contributed by atoms with Crippen LogP contribution in [0.2, 0.25) is 0 Å². The van der Waals surface area contributed by atoms with Crippen LogP contribution in [0.25, 0.3) is 50.8 Å². The lowest BCUT2D eigenvalue weighted by Crippen LogP contribution is -2.49. The average Bonchev–Trinajstić information content (AvgIpc) is 1.49. The van der Waals surface area contributed by atoms with Crippen LogP contribution in [0.4, 0.5) is 73.6 Å². The van der Waals surface area contributed by atoms with Gasteiger partial charge in [0.15, 0.2) is 0 Å². The molecule has 5 fully saturated rings. The van der Waals surface area contributed by atoms with E-state index in [1.54, 1.807) is 138 Å². The zero-order valence-electron chi connectivity index (χ0n) is 71.9. The molecule has 0 radical (unpaired) electrons. The van der Waals surface area contributed by atoms with Crippen LogP contribution in [0.15, 0.2) is 146 Å². The normalized spacial score (nSPS) is 16.5. The third kappa shape index (κ3) is 20.2. The number of piperazine rings is 1. The second-order valence-corrected chi connectivity index (χ2v) is 33.2. The van der Waals surface area contributed by atoms with E-state index in [9.17, 15) is 53.9 Å². The van der Waals surface area contributed by atoms with Gasteiger partial charge in [-0.25, -0.2) is 14.0 Å². The van der Waals surface area contributed by atoms with E-state index in [0.717, 1.165) is 127 Å². The second-order valence-electron chi connectivity index (χ2n) is 33.2. The third-order valence-corrected chi connectivity index (χ3v) is 24.7. The predicted octanol–water partition coefficient (Wildman–Crippen LogP) is 15.9. The molecule has 126 heavy (non-hydrogen) atoms. The van der Waals surface area contributed by atoms with E-state index in [1.165, 1.54) is 57.1 Å². The summed E-state index contributed by atoms with van der Waals surface area (Å²) in [6, 6.07) is 27.5. The van der Waals surface area contributed by atoms with Crippen LogP contribution in [0.3, 0.4) is 0 Å². The molecule has 6 aromatic carbocycles. The van der Waals surface area contributed by atoms with Crippen LogP contribution >= 0.6 is 0 Å². The van der Waals surface area contributed by atoms with E-state index in [4.69, 9.17) is 0 Å². The van der Waals surface area contributed by atoms with Crippen LogP contribution in [0.5, 0.6) is 0 Å². The summed E-state index contributed by atoms with van der Waals surface area (Å²) in [5.74, 6) is -1.55. The number of nitrogens with one attached hydrogen (secondary N) is 3. The van der Waals surface area contributed by atoms with Crippen molar-refractivity contribution in [3.63, 3.8) is 0 Å². The van der Waals surface area contributed by atoms with Gasteiger partial charge >= 0.3 is 18.5 Å². The van der Waals surface area contributed by atoms with E-state index in [0.29, 0.717) is 114 Å². The first-order valence-electron chi connectivity index (χ1n) is 42.2. The van der Waals surface area contributed by atoms with E-state index >= 15 is 0 Å². The Balaban J connectivity index is 0.000000146. The highest BCUT2D eigenvalue weighted by molar-refractivity contribution is 6.06. The molecule has 27 nitrogen and oxygen atoms in total. The van der Waals surface area contributed by atoms with Gasteiger partial charge in [0.25, 0.3) is 17.7 Å². The van der Waals surface area contributed by atoms with Crippen LogP contribution in [0, 0.1) is 41.5 Å². The molecule has 1 aliphatic carbocycles. The van der Waals surface area contributed by atoms with Gasteiger partial charge in [-0.05, 0) is 214 Å². The first-order chi connectivity index (χ1) is 60.1. The Morgan fingerprint density at radius 1 is 0.357 bits per heavy atom. The van der Waals surface area contributed by atoms with Crippen molar-refractivity contribution in [2.75, 3.05) is 116 Å². The van der Waals surface area contributed by atoms with Crippen LogP contribution in [-0.2, 0) is 39.7 Å². The number of aromatic nitrogens is 15. The van der Waals surface area contributed by atoms with Gasteiger partial charge in [-0.3, -0.25) is 38.2 Å². The molecule has 1 atom stereocenters. The Morgan fingerprint density at radius 3 is 1.08 bits per heavy atom. The number of halogens is 9. The number of hydrogen-bond acceptors (Lipinski definition) is 18. The molecule has 3 N–H and O–H groups in total. The number of amides is 3. The summed E-state index contributed by atoms with van der Waals surface area (Å²) in [7, 11) is 7.53. The predicted molar refractivity (Wildman–Crippen MR) is 464 cm³/mol. The number of benzene rings is 6. The maximum absolute atomic E-state index is 13.9. The zero-order chi connectivity index (χ0) is 89.2. The van der Waals surface area contributed by atoms with Gasteiger partial charge in [0.1, 0.15) is 17.1 Å². The van der Waals surface area contributed by atoms with E-state index in [2.05, 4.69) is 76.9 Å². The molecular formula is C90H101F9N24O3. The summed E-state index contributed by atoms with van der Waals surface area (Å²) in [6.45, 7) is 20.7. The van der Waals surface area contributed by atoms with Gasteiger partial charge in [-0.15, -0.1) is 15.3 Å². The standard InChI is InChI=1S/2C31H35F3N8O.C28H31F3N8O/c1-20-7-8-22(13-29(20)42-19-28(37-38-42)27-17-35-39(3)21(27)2)30(43)36-24-14-23(31(32,33)34)15-26(16-24)41-12-9-25(18-41)40-10-5-4-6-11-40;1-20-8-9-22(14-29(20)42-19-28(37-38-42)27-18-35-39(3)21(27)2)30(43)36-24-15-23(31(32,33)34)16-26(17-24)41-12-10-40(11-13-41)25-6-4-5-7-25;1-18-6-7-20(12-26(18)39-17-25(34-35-39)24-16-32-37(4)19(24)2)27(40)33-22-13-21(28(29,30)31)14-23(15-22)38-9-5-8-36(3)10-11-38/h7-8,13-17,19,25H,4-6,9-12,18H2,1-3H3,(H,36,43);8-9,14-19,25H,4-7,10-13H2,1-3H3,(H,36,43);6-7,12-17H,5,8-11H2,1-4H3,(H,33,40). The summed E-state index contributed by atoms with van der Waals surface area (Å²) in [4.78, 5) is 53.0. The summed E-state index contributed by atoms with van der Waals surface area (Å²) >= 11 is 0. The molecule has 36 heteroatoms. The van der Waals surface area contributed by atoms with Gasteiger partial charge in [0.2, 0.25) is 0 Å². The molecule has 10 heterocycles. The second kappa shape index (κ2) is 36.9. The summed E-state index contributed by atoms with van der Waals surface area (Å²) in [6.07, 6.45) is 7.00. The van der Waals surface area contributed by atoms with E-state index in [-0.39, 0.29) is 22.6 Å². The van der Waals surface area contributed by atoms with Crippen molar-refractivity contribution in [1.82, 2.24) is 89.0 Å². The molecule has 1 unspecified atom stereocenters. The Kier molecular flexibility index (Phi) is 25.9. The number of likely N-dealkylation sites (tertiary alicyclic amines) is 1. The first-order valence-corrected chi connectivity index (χ1v) is 42.2. The van der Waals surface area contributed by atoms with Crippen molar-refractivity contribution in [2.45, 2.75) is 130 Å². The number of alkyl halides is 9. The lowest BCUT2D eigenvalue weighted by Gasteiger charge is -2.39. The van der Waals surface area contributed by atoms with Crippen LogP contribution < -0.4 is 30.7 Å². The summed E-state index contributed by atoms with van der Waals surface area (Å²) < 4.78 is 135. The fraction of sp³-hybridized carbons (Fsp3) is 0.400. The lowest BCUT2D eigenvalue weighted by atomic mass is 10.1. The molecule has 1 saturated carbocycles. The Bertz CT molecular complexity index is 5930. The quantitative estimate of drug-likeness (QED) is 0.0716. The molecule has 662 valence electrons. The minimum absolute atomic E-state index is 0.0876. The number of carbonyl (C=O) groups is 3. The van der Waals surface area contributed by atoms with Crippen LogP contribution in [-0.4, -0.2) is 204 Å². The molecule has 6 aromatic heterocycles. The number of aryl methyl sites for hydroxylation is 6. The summed E-state index contributed by atoms with van der Waals surface area (Å²) in [5.41, 5.74) is 11.9. The maximum Gasteiger partial charge on any atom is 0.416 e. The van der Waals surface area contributed by atoms with Gasteiger partial charge in [-0.2, -0.15) is 54.8 Å². The number of anilines is 6. The van der Waals surface area contributed by atoms with Gasteiger partial charge in [0, 0.05) is 177 Å². The fourth-order valence-electron chi connectivity index (χ4n) is 16.9. The molecule has 17 rings (SSSR count). The van der Waals surface area contributed by atoms with Crippen molar-refractivity contribution < 1.29 is 53.9 Å². The van der Waals surface area contributed by atoms with Gasteiger partial charge < -0.3 is 35.6 Å². The number of rotatable bonds is 17. The highest BCUT2D eigenvalue weighted by Gasteiger charge is 2.38. The van der Waals surface area contributed by atoms with Gasteiger partial charge in [0.05, 0.1) is 70.9 Å². The number of carbonyl (C=O) groups excluding carboxylic acids is 3.